The van der Waals surface area contributed by atoms with Gasteiger partial charge in [-0.25, -0.2) is 4.98 Å². The number of rotatable bonds is 6. The van der Waals surface area contributed by atoms with Crippen molar-refractivity contribution in [2.24, 2.45) is 0 Å². The van der Waals surface area contributed by atoms with Gasteiger partial charge in [-0.1, -0.05) is 6.92 Å². The number of aryl methyl sites for hydroxylation is 2. The number of aromatic nitrogens is 5. The Labute approximate surface area is 106 Å². The van der Waals surface area contributed by atoms with Crippen molar-refractivity contribution in [1.29, 1.82) is 0 Å². The van der Waals surface area contributed by atoms with Crippen molar-refractivity contribution < 1.29 is 5.11 Å². The third kappa shape index (κ3) is 2.59. The predicted molar refractivity (Wildman–Crippen MR) is 66.9 cm³/mol. The van der Waals surface area contributed by atoms with Crippen molar-refractivity contribution >= 4 is 0 Å². The van der Waals surface area contributed by atoms with Gasteiger partial charge >= 0.3 is 0 Å². The minimum absolute atomic E-state index is 0.462. The standard InChI is InChI=1S/C12H19N5O/c1-3-7-17-10(5-6-14-17)11(18)8-12-13-9-15-16(12)4-2/h5-6,9,11,18H,3-4,7-8H2,1-2H3. The molecule has 0 aromatic carbocycles. The molecule has 1 unspecified atom stereocenters. The fourth-order valence-corrected chi connectivity index (χ4v) is 2.01. The molecule has 6 nitrogen and oxygen atoms in total. The summed E-state index contributed by atoms with van der Waals surface area (Å²) in [4.78, 5) is 4.17. The lowest BCUT2D eigenvalue weighted by Gasteiger charge is -2.12. The van der Waals surface area contributed by atoms with Gasteiger partial charge in [0, 0.05) is 25.7 Å². The fourth-order valence-electron chi connectivity index (χ4n) is 2.01. The van der Waals surface area contributed by atoms with E-state index in [4.69, 9.17) is 0 Å². The maximum absolute atomic E-state index is 10.3. The molecule has 0 aliphatic rings. The van der Waals surface area contributed by atoms with Crippen LogP contribution in [0.15, 0.2) is 18.6 Å². The molecule has 0 saturated heterocycles. The first kappa shape index (κ1) is 12.8. The monoisotopic (exact) mass is 249 g/mol. The number of nitrogens with zero attached hydrogens (tertiary/aromatic N) is 5. The van der Waals surface area contributed by atoms with Crippen LogP contribution in [0.3, 0.4) is 0 Å². The highest BCUT2D eigenvalue weighted by Crippen LogP contribution is 2.17. The third-order valence-corrected chi connectivity index (χ3v) is 2.90. The summed E-state index contributed by atoms with van der Waals surface area (Å²) in [6.07, 6.45) is 4.11. The van der Waals surface area contributed by atoms with Gasteiger partial charge in [0.1, 0.15) is 18.3 Å². The Kier molecular flexibility index (Phi) is 4.09. The van der Waals surface area contributed by atoms with E-state index >= 15 is 0 Å². The van der Waals surface area contributed by atoms with E-state index in [1.54, 1.807) is 10.9 Å². The second kappa shape index (κ2) is 5.77. The van der Waals surface area contributed by atoms with Crippen LogP contribution >= 0.6 is 0 Å². The molecule has 0 saturated carbocycles. The van der Waals surface area contributed by atoms with Gasteiger partial charge in [-0.05, 0) is 19.4 Å². The molecule has 2 heterocycles. The topological polar surface area (TPSA) is 68.8 Å². The molecule has 6 heteroatoms. The zero-order chi connectivity index (χ0) is 13.0. The molecule has 1 atom stereocenters. The first-order chi connectivity index (χ1) is 8.76. The second-order valence-corrected chi connectivity index (χ2v) is 4.19. The number of aliphatic hydroxyl groups is 1. The maximum atomic E-state index is 10.3. The summed E-state index contributed by atoms with van der Waals surface area (Å²) in [5.74, 6) is 0.800. The summed E-state index contributed by atoms with van der Waals surface area (Å²) in [5, 5.41) is 18.6. The van der Waals surface area contributed by atoms with E-state index < -0.39 is 6.10 Å². The molecule has 0 radical (unpaired) electrons. The van der Waals surface area contributed by atoms with Crippen molar-refractivity contribution in [3.05, 3.63) is 30.1 Å². The Morgan fingerprint density at radius 1 is 1.28 bits per heavy atom. The molecule has 0 spiro atoms. The van der Waals surface area contributed by atoms with Gasteiger partial charge in [-0.2, -0.15) is 10.2 Å². The quantitative estimate of drug-likeness (QED) is 0.834. The Morgan fingerprint density at radius 2 is 2.11 bits per heavy atom. The molecule has 0 aliphatic heterocycles. The Balaban J connectivity index is 2.11. The molecule has 0 bridgehead atoms. The van der Waals surface area contributed by atoms with Crippen molar-refractivity contribution in [2.75, 3.05) is 0 Å². The van der Waals surface area contributed by atoms with Crippen molar-refractivity contribution in [1.82, 2.24) is 24.5 Å². The van der Waals surface area contributed by atoms with Crippen LogP contribution in [-0.2, 0) is 19.5 Å². The molecule has 2 aromatic heterocycles. The lowest BCUT2D eigenvalue weighted by Crippen LogP contribution is -2.14. The van der Waals surface area contributed by atoms with Crippen molar-refractivity contribution in [2.45, 2.75) is 45.9 Å². The van der Waals surface area contributed by atoms with E-state index in [0.29, 0.717) is 6.42 Å². The van der Waals surface area contributed by atoms with Crippen LogP contribution in [-0.4, -0.2) is 29.7 Å². The van der Waals surface area contributed by atoms with Crippen molar-refractivity contribution in [3.8, 4) is 0 Å². The minimum atomic E-state index is -0.589. The average Bonchev–Trinajstić information content (AvgIpc) is 2.98. The highest BCUT2D eigenvalue weighted by Gasteiger charge is 2.16. The minimum Gasteiger partial charge on any atom is -0.386 e. The molecule has 0 aliphatic carbocycles. The Morgan fingerprint density at radius 3 is 2.83 bits per heavy atom. The van der Waals surface area contributed by atoms with Crippen LogP contribution in [0.4, 0.5) is 0 Å². The summed E-state index contributed by atoms with van der Waals surface area (Å²) < 4.78 is 3.64. The molecule has 0 amide bonds. The van der Waals surface area contributed by atoms with E-state index in [-0.39, 0.29) is 0 Å². The van der Waals surface area contributed by atoms with E-state index in [2.05, 4.69) is 22.1 Å². The lowest BCUT2D eigenvalue weighted by atomic mass is 10.2. The summed E-state index contributed by atoms with van der Waals surface area (Å²) in [6.45, 7) is 5.67. The van der Waals surface area contributed by atoms with E-state index in [9.17, 15) is 5.11 Å². The van der Waals surface area contributed by atoms with Crippen molar-refractivity contribution in [3.63, 3.8) is 0 Å². The summed E-state index contributed by atoms with van der Waals surface area (Å²) >= 11 is 0. The van der Waals surface area contributed by atoms with E-state index in [0.717, 1.165) is 31.0 Å². The SMILES string of the molecule is CCCn1nccc1C(O)Cc1ncnn1CC. The van der Waals surface area contributed by atoms with Gasteiger partial charge < -0.3 is 5.11 Å². The van der Waals surface area contributed by atoms with Crippen LogP contribution in [0, 0.1) is 0 Å². The van der Waals surface area contributed by atoms with Crippen LogP contribution in [0.2, 0.25) is 0 Å². The second-order valence-electron chi connectivity index (χ2n) is 4.19. The zero-order valence-electron chi connectivity index (χ0n) is 10.8. The average molecular weight is 249 g/mol. The largest absolute Gasteiger partial charge is 0.386 e. The molecule has 18 heavy (non-hydrogen) atoms. The van der Waals surface area contributed by atoms with Gasteiger partial charge in [0.15, 0.2) is 0 Å². The lowest BCUT2D eigenvalue weighted by molar-refractivity contribution is 0.162. The molecule has 98 valence electrons. The van der Waals surface area contributed by atoms with Gasteiger partial charge in [-0.3, -0.25) is 9.36 Å². The molecular formula is C12H19N5O. The molecular weight excluding hydrogens is 230 g/mol. The number of hydrogen-bond acceptors (Lipinski definition) is 4. The molecule has 1 N–H and O–H groups in total. The van der Waals surface area contributed by atoms with Crippen LogP contribution < -0.4 is 0 Å². The predicted octanol–water partition coefficient (Wildman–Crippen LogP) is 1.18. The summed E-state index contributed by atoms with van der Waals surface area (Å²) in [7, 11) is 0. The summed E-state index contributed by atoms with van der Waals surface area (Å²) in [6, 6.07) is 1.85. The highest BCUT2D eigenvalue weighted by molar-refractivity contribution is 5.07. The smallest absolute Gasteiger partial charge is 0.138 e. The molecule has 0 fully saturated rings. The number of hydrogen-bond donors (Lipinski definition) is 1. The van der Waals surface area contributed by atoms with Gasteiger partial charge in [0.25, 0.3) is 0 Å². The van der Waals surface area contributed by atoms with Crippen LogP contribution in [0.1, 0.15) is 37.9 Å². The maximum Gasteiger partial charge on any atom is 0.138 e. The van der Waals surface area contributed by atoms with E-state index in [1.807, 2.05) is 17.7 Å². The van der Waals surface area contributed by atoms with Crippen LogP contribution in [0.5, 0.6) is 0 Å². The zero-order valence-corrected chi connectivity index (χ0v) is 10.8. The normalized spacial score (nSPS) is 12.8. The molecule has 2 aromatic rings. The van der Waals surface area contributed by atoms with E-state index in [1.165, 1.54) is 6.33 Å². The number of aliphatic hydroxyl groups excluding tert-OH is 1. The Bertz CT molecular complexity index is 490. The van der Waals surface area contributed by atoms with Crippen LogP contribution in [0.25, 0.3) is 0 Å². The van der Waals surface area contributed by atoms with Gasteiger partial charge in [0.05, 0.1) is 5.69 Å². The third-order valence-electron chi connectivity index (χ3n) is 2.90. The fraction of sp³-hybridized carbons (Fsp3) is 0.583. The first-order valence-corrected chi connectivity index (χ1v) is 6.32. The summed E-state index contributed by atoms with van der Waals surface area (Å²) in [5.41, 5.74) is 0.836. The first-order valence-electron chi connectivity index (χ1n) is 6.32. The Hall–Kier alpha value is -1.69. The highest BCUT2D eigenvalue weighted by atomic mass is 16.3. The molecule has 2 rings (SSSR count). The van der Waals surface area contributed by atoms with Gasteiger partial charge in [0.2, 0.25) is 0 Å². The van der Waals surface area contributed by atoms with Gasteiger partial charge in [-0.15, -0.1) is 0 Å².